The van der Waals surface area contributed by atoms with Crippen molar-refractivity contribution in [3.8, 4) is 17.0 Å². The molecule has 0 aliphatic heterocycles. The van der Waals surface area contributed by atoms with E-state index < -0.39 is 0 Å². The normalized spacial score (nSPS) is 10.9. The number of carbonyl (C=O) groups is 1. The Morgan fingerprint density at radius 2 is 1.76 bits per heavy atom. The van der Waals surface area contributed by atoms with Gasteiger partial charge in [-0.05, 0) is 29.8 Å². The van der Waals surface area contributed by atoms with Crippen LogP contribution < -0.4 is 10.2 Å². The molecule has 0 unspecified atom stereocenters. The number of hydrogen-bond acceptors (Lipinski definition) is 4. The summed E-state index contributed by atoms with van der Waals surface area (Å²) < 4.78 is 5.20. The maximum atomic E-state index is 12.9. The highest BCUT2D eigenvalue weighted by atomic mass is 16.5. The molecule has 0 aliphatic carbocycles. The average Bonchev–Trinajstić information content (AvgIpc) is 2.79. The fourth-order valence-corrected chi connectivity index (χ4v) is 3.07. The molecule has 4 rings (SSSR count). The standard InChI is InChI=1S/C24H19N3O2/c1-29-19-11-7-8-17(14-19)16-25-27-24(28)21-15-23(18-9-3-2-4-10-18)26-22-13-6-5-12-20(21)22/h2-16H,1H3,(H,27,28)/b25-16+. The van der Waals surface area contributed by atoms with Crippen LogP contribution in [0.4, 0.5) is 0 Å². The van der Waals surface area contributed by atoms with Gasteiger partial charge in [0.05, 0.1) is 30.1 Å². The zero-order valence-electron chi connectivity index (χ0n) is 15.9. The lowest BCUT2D eigenvalue weighted by Crippen LogP contribution is -2.18. The molecule has 4 aromatic rings. The third-order valence-electron chi connectivity index (χ3n) is 4.50. The number of aromatic nitrogens is 1. The van der Waals surface area contributed by atoms with E-state index in [1.54, 1.807) is 19.4 Å². The molecule has 0 bridgehead atoms. The number of fused-ring (bicyclic) bond motifs is 1. The van der Waals surface area contributed by atoms with Crippen LogP contribution >= 0.6 is 0 Å². The SMILES string of the molecule is COc1cccc(/C=N/NC(=O)c2cc(-c3ccccc3)nc3ccccc23)c1. The van der Waals surface area contributed by atoms with Gasteiger partial charge < -0.3 is 4.74 Å². The molecule has 142 valence electrons. The number of para-hydroxylation sites is 1. The van der Waals surface area contributed by atoms with Gasteiger partial charge in [-0.2, -0.15) is 5.10 Å². The summed E-state index contributed by atoms with van der Waals surface area (Å²) in [5, 5.41) is 4.88. The van der Waals surface area contributed by atoms with Gasteiger partial charge in [-0.3, -0.25) is 4.79 Å². The van der Waals surface area contributed by atoms with Gasteiger partial charge >= 0.3 is 0 Å². The number of rotatable bonds is 5. The van der Waals surface area contributed by atoms with E-state index in [2.05, 4.69) is 10.5 Å². The fourth-order valence-electron chi connectivity index (χ4n) is 3.07. The largest absolute Gasteiger partial charge is 0.497 e. The molecule has 0 spiro atoms. The zero-order valence-corrected chi connectivity index (χ0v) is 15.9. The van der Waals surface area contributed by atoms with Crippen molar-refractivity contribution in [3.63, 3.8) is 0 Å². The van der Waals surface area contributed by atoms with E-state index >= 15 is 0 Å². The summed E-state index contributed by atoms with van der Waals surface area (Å²) in [4.78, 5) is 17.6. The van der Waals surface area contributed by atoms with Crippen LogP contribution in [0.3, 0.4) is 0 Å². The lowest BCUT2D eigenvalue weighted by molar-refractivity contribution is 0.0956. The summed E-state index contributed by atoms with van der Waals surface area (Å²) in [7, 11) is 1.61. The first-order valence-corrected chi connectivity index (χ1v) is 9.17. The van der Waals surface area contributed by atoms with E-state index in [-0.39, 0.29) is 5.91 Å². The second-order valence-electron chi connectivity index (χ2n) is 6.41. The van der Waals surface area contributed by atoms with E-state index in [1.165, 1.54) is 0 Å². The van der Waals surface area contributed by atoms with Crippen molar-refractivity contribution in [2.24, 2.45) is 5.10 Å². The Morgan fingerprint density at radius 3 is 2.59 bits per heavy atom. The van der Waals surface area contributed by atoms with Gasteiger partial charge in [-0.15, -0.1) is 0 Å². The molecule has 0 atom stereocenters. The highest BCUT2D eigenvalue weighted by Crippen LogP contribution is 2.24. The molecule has 0 saturated heterocycles. The number of methoxy groups -OCH3 is 1. The van der Waals surface area contributed by atoms with Gasteiger partial charge in [0, 0.05) is 10.9 Å². The molecule has 1 N–H and O–H groups in total. The van der Waals surface area contributed by atoms with E-state index in [0.717, 1.165) is 33.5 Å². The number of nitrogens with zero attached hydrogens (tertiary/aromatic N) is 2. The Kier molecular flexibility index (Phi) is 5.29. The first-order valence-electron chi connectivity index (χ1n) is 9.17. The summed E-state index contributed by atoms with van der Waals surface area (Å²) in [6, 6.07) is 26.6. The van der Waals surface area contributed by atoms with Crippen LogP contribution in [0.2, 0.25) is 0 Å². The van der Waals surface area contributed by atoms with Crippen molar-refractivity contribution in [3.05, 3.63) is 96.1 Å². The summed E-state index contributed by atoms with van der Waals surface area (Å²) in [5.74, 6) is 0.438. The van der Waals surface area contributed by atoms with Crippen molar-refractivity contribution in [1.82, 2.24) is 10.4 Å². The predicted molar refractivity (Wildman–Crippen MR) is 115 cm³/mol. The second-order valence-corrected chi connectivity index (χ2v) is 6.41. The minimum absolute atomic E-state index is 0.292. The molecular formula is C24H19N3O2. The molecule has 0 aliphatic rings. The van der Waals surface area contributed by atoms with E-state index in [4.69, 9.17) is 9.72 Å². The van der Waals surface area contributed by atoms with Gasteiger partial charge in [0.15, 0.2) is 0 Å². The number of amides is 1. The summed E-state index contributed by atoms with van der Waals surface area (Å²) in [6.07, 6.45) is 1.59. The van der Waals surface area contributed by atoms with Crippen molar-refractivity contribution in [1.29, 1.82) is 0 Å². The van der Waals surface area contributed by atoms with Gasteiger partial charge in [0.1, 0.15) is 5.75 Å². The highest BCUT2D eigenvalue weighted by Gasteiger charge is 2.13. The number of ether oxygens (including phenoxy) is 1. The van der Waals surface area contributed by atoms with Crippen molar-refractivity contribution >= 4 is 23.0 Å². The van der Waals surface area contributed by atoms with Crippen molar-refractivity contribution < 1.29 is 9.53 Å². The Balaban J connectivity index is 1.65. The number of hydrazone groups is 1. The quantitative estimate of drug-likeness (QED) is 0.403. The highest BCUT2D eigenvalue weighted by molar-refractivity contribution is 6.07. The molecule has 1 amide bonds. The van der Waals surface area contributed by atoms with E-state index in [9.17, 15) is 4.79 Å². The Labute approximate surface area is 168 Å². The number of hydrogen-bond donors (Lipinski definition) is 1. The minimum atomic E-state index is -0.292. The van der Waals surface area contributed by atoms with E-state index in [0.29, 0.717) is 5.56 Å². The Morgan fingerprint density at radius 1 is 0.966 bits per heavy atom. The molecule has 0 saturated carbocycles. The first-order chi connectivity index (χ1) is 14.2. The van der Waals surface area contributed by atoms with Crippen LogP contribution in [0.5, 0.6) is 5.75 Å². The molecule has 5 nitrogen and oxygen atoms in total. The minimum Gasteiger partial charge on any atom is -0.497 e. The number of benzene rings is 3. The van der Waals surface area contributed by atoms with Gasteiger partial charge in [-0.1, -0.05) is 60.7 Å². The summed E-state index contributed by atoms with van der Waals surface area (Å²) >= 11 is 0. The molecule has 5 heteroatoms. The topological polar surface area (TPSA) is 63.6 Å². The van der Waals surface area contributed by atoms with Crippen LogP contribution in [0, 0.1) is 0 Å². The number of pyridine rings is 1. The molecular weight excluding hydrogens is 362 g/mol. The predicted octanol–water partition coefficient (Wildman–Crippen LogP) is 4.67. The van der Waals surface area contributed by atoms with Crippen LogP contribution in [-0.4, -0.2) is 24.2 Å². The van der Waals surface area contributed by atoms with E-state index in [1.807, 2.05) is 78.9 Å². The molecule has 1 heterocycles. The van der Waals surface area contributed by atoms with Crippen molar-refractivity contribution in [2.75, 3.05) is 7.11 Å². The first kappa shape index (κ1) is 18.4. The summed E-state index contributed by atoms with van der Waals surface area (Å²) in [5.41, 5.74) is 6.42. The van der Waals surface area contributed by atoms with Crippen molar-refractivity contribution in [2.45, 2.75) is 0 Å². The molecule has 3 aromatic carbocycles. The molecule has 0 radical (unpaired) electrons. The van der Waals surface area contributed by atoms with Gasteiger partial charge in [0.2, 0.25) is 0 Å². The second kappa shape index (κ2) is 8.35. The number of carbonyl (C=O) groups excluding carboxylic acids is 1. The van der Waals surface area contributed by atoms with Crippen LogP contribution in [0.25, 0.3) is 22.2 Å². The van der Waals surface area contributed by atoms with Crippen LogP contribution in [0.15, 0.2) is 90.0 Å². The fraction of sp³-hybridized carbons (Fsp3) is 0.0417. The lowest BCUT2D eigenvalue weighted by atomic mass is 10.0. The third-order valence-corrected chi connectivity index (χ3v) is 4.50. The van der Waals surface area contributed by atoms with Gasteiger partial charge in [0.25, 0.3) is 5.91 Å². The lowest BCUT2D eigenvalue weighted by Gasteiger charge is -2.09. The molecule has 29 heavy (non-hydrogen) atoms. The Bertz CT molecular complexity index is 1190. The number of nitrogens with one attached hydrogen (secondary N) is 1. The smallest absolute Gasteiger partial charge is 0.272 e. The Hall–Kier alpha value is -3.99. The maximum Gasteiger partial charge on any atom is 0.272 e. The third kappa shape index (κ3) is 4.14. The van der Waals surface area contributed by atoms with Gasteiger partial charge in [-0.25, -0.2) is 10.4 Å². The molecule has 0 fully saturated rings. The monoisotopic (exact) mass is 381 g/mol. The zero-order chi connectivity index (χ0) is 20.1. The van der Waals surface area contributed by atoms with Crippen LogP contribution in [-0.2, 0) is 0 Å². The van der Waals surface area contributed by atoms with Crippen LogP contribution in [0.1, 0.15) is 15.9 Å². The summed E-state index contributed by atoms with van der Waals surface area (Å²) in [6.45, 7) is 0. The molecule has 1 aromatic heterocycles. The maximum absolute atomic E-state index is 12.9. The average molecular weight is 381 g/mol.